The Morgan fingerprint density at radius 2 is 1.70 bits per heavy atom. The van der Waals surface area contributed by atoms with Gasteiger partial charge >= 0.3 is 0 Å². The number of rotatable bonds is 7. The van der Waals surface area contributed by atoms with E-state index in [1.807, 2.05) is 6.07 Å². The van der Waals surface area contributed by atoms with Crippen LogP contribution in [0.1, 0.15) is 15.9 Å². The summed E-state index contributed by atoms with van der Waals surface area (Å²) in [5, 5.41) is 5.16. The first kappa shape index (κ1) is 20.5. The van der Waals surface area contributed by atoms with Gasteiger partial charge in [0.05, 0.1) is 31.8 Å². The quantitative estimate of drug-likeness (QED) is 0.765. The third kappa shape index (κ3) is 4.50. The Labute approximate surface area is 158 Å². The Bertz CT molecular complexity index is 943. The molecule has 0 aliphatic heterocycles. The van der Waals surface area contributed by atoms with Crippen molar-refractivity contribution in [1.82, 2.24) is 4.90 Å². The van der Waals surface area contributed by atoms with Gasteiger partial charge in [-0.2, -0.15) is 0 Å². The maximum Gasteiger partial charge on any atom is 0.257 e. The van der Waals surface area contributed by atoms with Crippen molar-refractivity contribution >= 4 is 15.9 Å². The number of hydrogen-bond donors (Lipinski definition) is 1. The van der Waals surface area contributed by atoms with E-state index in [1.165, 1.54) is 44.4 Å². The van der Waals surface area contributed by atoms with E-state index in [-0.39, 0.29) is 22.8 Å². The Hall–Kier alpha value is -2.78. The molecule has 0 aromatic heterocycles. The lowest BCUT2D eigenvalue weighted by atomic mass is 10.1. The Balaban J connectivity index is 2.38. The molecule has 27 heavy (non-hydrogen) atoms. The maximum absolute atomic E-state index is 12.9. The highest BCUT2D eigenvalue weighted by Gasteiger charge is 2.21. The van der Waals surface area contributed by atoms with Gasteiger partial charge in [-0.3, -0.25) is 4.79 Å². The van der Waals surface area contributed by atoms with Gasteiger partial charge in [0.15, 0.2) is 11.5 Å². The van der Waals surface area contributed by atoms with Crippen LogP contribution in [0.2, 0.25) is 0 Å². The Kier molecular flexibility index (Phi) is 6.29. The fourth-order valence-corrected chi connectivity index (χ4v) is 3.18. The van der Waals surface area contributed by atoms with Gasteiger partial charge in [0.25, 0.3) is 5.91 Å². The van der Waals surface area contributed by atoms with Gasteiger partial charge in [0.1, 0.15) is 5.75 Å². The predicted molar refractivity (Wildman–Crippen MR) is 99.7 cm³/mol. The standard InChI is InChI=1S/C18H22N2O6S/c1-20(11-12-6-5-7-16(25-3)17(12)26-4)18(21)14-10-13(27(19,22)23)8-9-15(14)24-2/h5-10H,11H2,1-4H3,(H2,19,22,23). The van der Waals surface area contributed by atoms with Gasteiger partial charge in [0.2, 0.25) is 10.0 Å². The van der Waals surface area contributed by atoms with Crippen molar-refractivity contribution in [3.8, 4) is 17.2 Å². The second-order valence-electron chi connectivity index (χ2n) is 5.72. The van der Waals surface area contributed by atoms with E-state index in [2.05, 4.69) is 0 Å². The molecule has 0 aliphatic rings. The first-order valence-corrected chi connectivity index (χ1v) is 9.43. The molecule has 8 nitrogen and oxygen atoms in total. The van der Waals surface area contributed by atoms with Crippen LogP contribution in [0.3, 0.4) is 0 Å². The van der Waals surface area contributed by atoms with Gasteiger partial charge in [-0.15, -0.1) is 0 Å². The number of carbonyl (C=O) groups is 1. The zero-order valence-corrected chi connectivity index (χ0v) is 16.4. The van der Waals surface area contributed by atoms with E-state index >= 15 is 0 Å². The molecule has 0 fully saturated rings. The zero-order chi connectivity index (χ0) is 20.2. The molecule has 0 saturated carbocycles. The third-order valence-electron chi connectivity index (χ3n) is 3.97. The van der Waals surface area contributed by atoms with Crippen molar-refractivity contribution < 1.29 is 27.4 Å². The number of carbonyl (C=O) groups excluding carboxylic acids is 1. The second-order valence-corrected chi connectivity index (χ2v) is 7.28. The zero-order valence-electron chi connectivity index (χ0n) is 15.6. The maximum atomic E-state index is 12.9. The molecule has 0 spiro atoms. The number of methoxy groups -OCH3 is 3. The number of benzene rings is 2. The van der Waals surface area contributed by atoms with Crippen LogP contribution in [-0.4, -0.2) is 47.6 Å². The third-order valence-corrected chi connectivity index (χ3v) is 4.88. The first-order valence-electron chi connectivity index (χ1n) is 7.89. The Morgan fingerprint density at radius 1 is 1.04 bits per heavy atom. The van der Waals surface area contributed by atoms with Crippen molar-refractivity contribution in [3.63, 3.8) is 0 Å². The monoisotopic (exact) mass is 394 g/mol. The fourth-order valence-electron chi connectivity index (χ4n) is 2.64. The van der Waals surface area contributed by atoms with Gasteiger partial charge in [0, 0.05) is 19.2 Å². The topological polar surface area (TPSA) is 108 Å². The molecule has 2 aromatic carbocycles. The molecule has 2 rings (SSSR count). The summed E-state index contributed by atoms with van der Waals surface area (Å²) in [6, 6.07) is 9.24. The molecule has 0 unspecified atom stereocenters. The van der Waals surface area contributed by atoms with Crippen molar-refractivity contribution in [2.45, 2.75) is 11.4 Å². The molecule has 2 aromatic rings. The summed E-state index contributed by atoms with van der Waals surface area (Å²) >= 11 is 0. The molecule has 0 atom stereocenters. The minimum Gasteiger partial charge on any atom is -0.496 e. The molecule has 1 amide bonds. The summed E-state index contributed by atoms with van der Waals surface area (Å²) in [4.78, 5) is 14.2. The molecule has 0 radical (unpaired) electrons. The van der Waals surface area contributed by atoms with Crippen LogP contribution >= 0.6 is 0 Å². The van der Waals surface area contributed by atoms with Crippen molar-refractivity contribution in [2.75, 3.05) is 28.4 Å². The second kappa shape index (κ2) is 8.28. The number of amides is 1. The summed E-state index contributed by atoms with van der Waals surface area (Å²) in [5.74, 6) is 0.883. The van der Waals surface area contributed by atoms with Gasteiger partial charge in [-0.25, -0.2) is 13.6 Å². The predicted octanol–water partition coefficient (Wildman–Crippen LogP) is 1.63. The lowest BCUT2D eigenvalue weighted by Gasteiger charge is -2.21. The van der Waals surface area contributed by atoms with Crippen LogP contribution in [0, 0.1) is 0 Å². The van der Waals surface area contributed by atoms with Crippen LogP contribution in [0.5, 0.6) is 17.2 Å². The SMILES string of the molecule is COc1ccc(S(N)(=O)=O)cc1C(=O)N(C)Cc1cccc(OC)c1OC. The van der Waals surface area contributed by atoms with E-state index in [1.54, 1.807) is 19.2 Å². The summed E-state index contributed by atoms with van der Waals surface area (Å²) < 4.78 is 39.0. The average Bonchev–Trinajstić information content (AvgIpc) is 2.65. The number of primary sulfonamides is 1. The normalized spacial score (nSPS) is 11.0. The molecule has 2 N–H and O–H groups in total. The van der Waals surface area contributed by atoms with Gasteiger partial charge in [-0.1, -0.05) is 12.1 Å². The highest BCUT2D eigenvalue weighted by molar-refractivity contribution is 7.89. The summed E-state index contributed by atoms with van der Waals surface area (Å²) in [5.41, 5.74) is 0.822. The van der Waals surface area contributed by atoms with E-state index in [9.17, 15) is 13.2 Å². The fraction of sp³-hybridized carbons (Fsp3) is 0.278. The summed E-state index contributed by atoms with van der Waals surface area (Å²) in [6.45, 7) is 0.210. The lowest BCUT2D eigenvalue weighted by Crippen LogP contribution is -2.27. The van der Waals surface area contributed by atoms with Crippen molar-refractivity contribution in [3.05, 3.63) is 47.5 Å². The van der Waals surface area contributed by atoms with Crippen LogP contribution < -0.4 is 19.3 Å². The van der Waals surface area contributed by atoms with Crippen LogP contribution in [-0.2, 0) is 16.6 Å². The first-order chi connectivity index (χ1) is 12.7. The molecule has 0 saturated heterocycles. The summed E-state index contributed by atoms with van der Waals surface area (Å²) in [7, 11) is 2.08. The van der Waals surface area contributed by atoms with E-state index in [0.717, 1.165) is 5.56 Å². The molecular weight excluding hydrogens is 372 g/mol. The smallest absolute Gasteiger partial charge is 0.257 e. The average molecular weight is 394 g/mol. The Morgan fingerprint density at radius 3 is 2.26 bits per heavy atom. The molecule has 0 aliphatic carbocycles. The largest absolute Gasteiger partial charge is 0.496 e. The van der Waals surface area contributed by atoms with Gasteiger partial charge in [-0.05, 0) is 24.3 Å². The van der Waals surface area contributed by atoms with Crippen LogP contribution in [0.25, 0.3) is 0 Å². The highest BCUT2D eigenvalue weighted by atomic mass is 32.2. The number of hydrogen-bond acceptors (Lipinski definition) is 6. The number of nitrogens with zero attached hydrogens (tertiary/aromatic N) is 1. The number of sulfonamides is 1. The van der Waals surface area contributed by atoms with Crippen LogP contribution in [0.4, 0.5) is 0 Å². The number of nitrogens with two attached hydrogens (primary N) is 1. The van der Waals surface area contributed by atoms with Crippen molar-refractivity contribution in [2.24, 2.45) is 5.14 Å². The highest BCUT2D eigenvalue weighted by Crippen LogP contribution is 2.32. The minimum atomic E-state index is -3.95. The molecule has 146 valence electrons. The van der Waals surface area contributed by atoms with E-state index in [0.29, 0.717) is 11.5 Å². The molecule has 0 heterocycles. The molecule has 0 bridgehead atoms. The van der Waals surface area contributed by atoms with Gasteiger partial charge < -0.3 is 19.1 Å². The molecule has 9 heteroatoms. The number of para-hydroxylation sites is 1. The van der Waals surface area contributed by atoms with E-state index in [4.69, 9.17) is 19.3 Å². The summed E-state index contributed by atoms with van der Waals surface area (Å²) in [6.07, 6.45) is 0. The van der Waals surface area contributed by atoms with Crippen LogP contribution in [0.15, 0.2) is 41.3 Å². The number of ether oxygens (including phenoxy) is 3. The van der Waals surface area contributed by atoms with E-state index < -0.39 is 15.9 Å². The lowest BCUT2D eigenvalue weighted by molar-refractivity contribution is 0.0780. The van der Waals surface area contributed by atoms with Crippen molar-refractivity contribution in [1.29, 1.82) is 0 Å². The molecular formula is C18H22N2O6S. The minimum absolute atomic E-state index is 0.0911.